The minimum Gasteiger partial charge on any atom is -0.478 e. The number of esters is 2. The maximum Gasteiger partial charge on any atom is 0.334 e. The molecular formula is C16H22O6. The van der Waals surface area contributed by atoms with Gasteiger partial charge in [0.15, 0.2) is 0 Å². The second kappa shape index (κ2) is 8.36. The summed E-state index contributed by atoms with van der Waals surface area (Å²) in [7, 11) is 0. The first kappa shape index (κ1) is 17.9. The molecule has 0 saturated heterocycles. The molecule has 0 heterocycles. The van der Waals surface area contributed by atoms with Crippen molar-refractivity contribution < 1.29 is 29.0 Å². The predicted octanol–water partition coefficient (Wildman–Crippen LogP) is 2.38. The van der Waals surface area contributed by atoms with E-state index in [1.807, 2.05) is 0 Å². The number of hydrogen-bond acceptors (Lipinski definition) is 5. The van der Waals surface area contributed by atoms with Gasteiger partial charge in [0.2, 0.25) is 0 Å². The number of carbonyl (C=O) groups is 3. The van der Waals surface area contributed by atoms with Crippen LogP contribution in [0, 0.1) is 0 Å². The fraction of sp³-hybridized carbons (Fsp3) is 0.562. The van der Waals surface area contributed by atoms with Crippen LogP contribution in [-0.4, -0.2) is 35.7 Å². The van der Waals surface area contributed by atoms with Crippen molar-refractivity contribution in [3.05, 3.63) is 23.3 Å². The summed E-state index contributed by atoms with van der Waals surface area (Å²) in [5.74, 6) is -2.25. The Morgan fingerprint density at radius 3 is 2.32 bits per heavy atom. The topological polar surface area (TPSA) is 89.9 Å². The van der Waals surface area contributed by atoms with Gasteiger partial charge in [-0.3, -0.25) is 0 Å². The molecule has 1 aliphatic rings. The summed E-state index contributed by atoms with van der Waals surface area (Å²) < 4.78 is 10.3. The molecule has 1 aliphatic carbocycles. The number of carbonyl (C=O) groups excluding carboxylic acids is 2. The summed E-state index contributed by atoms with van der Waals surface area (Å²) in [4.78, 5) is 34.7. The van der Waals surface area contributed by atoms with Gasteiger partial charge in [-0.1, -0.05) is 13.5 Å². The number of ether oxygens (including phenoxy) is 2. The van der Waals surface area contributed by atoms with Crippen LogP contribution < -0.4 is 0 Å². The zero-order valence-corrected chi connectivity index (χ0v) is 13.0. The van der Waals surface area contributed by atoms with Gasteiger partial charge in [-0.25, -0.2) is 14.4 Å². The standard InChI is InChI=1S/C16H22O6/c1-4-11(9-21-15(19)10(2)3)22-16(20)13-8-6-5-7-12(13)14(17)18/h11H,2,4-9H2,1,3H3,(H,17,18). The zero-order valence-electron chi connectivity index (χ0n) is 13.0. The average Bonchev–Trinajstić information content (AvgIpc) is 2.50. The molecule has 0 radical (unpaired) electrons. The van der Waals surface area contributed by atoms with Gasteiger partial charge >= 0.3 is 17.9 Å². The van der Waals surface area contributed by atoms with E-state index in [-0.39, 0.29) is 23.3 Å². The van der Waals surface area contributed by atoms with Crippen molar-refractivity contribution in [1.29, 1.82) is 0 Å². The molecule has 1 unspecified atom stereocenters. The Hall–Kier alpha value is -2.11. The van der Waals surface area contributed by atoms with E-state index in [2.05, 4.69) is 6.58 Å². The smallest absolute Gasteiger partial charge is 0.334 e. The van der Waals surface area contributed by atoms with Gasteiger partial charge in [-0.05, 0) is 39.0 Å². The third-order valence-electron chi connectivity index (χ3n) is 3.45. The molecule has 1 rings (SSSR count). The van der Waals surface area contributed by atoms with E-state index in [4.69, 9.17) is 14.6 Å². The highest BCUT2D eigenvalue weighted by molar-refractivity contribution is 6.00. The Bertz CT molecular complexity index is 503. The minimum atomic E-state index is -1.08. The molecule has 1 N–H and O–H groups in total. The first-order chi connectivity index (χ1) is 10.4. The average molecular weight is 310 g/mol. The molecule has 6 heteroatoms. The van der Waals surface area contributed by atoms with E-state index < -0.39 is 24.0 Å². The van der Waals surface area contributed by atoms with Crippen molar-refractivity contribution in [1.82, 2.24) is 0 Å². The van der Waals surface area contributed by atoms with Crippen molar-refractivity contribution in [3.63, 3.8) is 0 Å². The van der Waals surface area contributed by atoms with Gasteiger partial charge in [0, 0.05) is 16.7 Å². The van der Waals surface area contributed by atoms with E-state index in [1.165, 1.54) is 6.92 Å². The molecule has 22 heavy (non-hydrogen) atoms. The molecule has 1 atom stereocenters. The van der Waals surface area contributed by atoms with Gasteiger partial charge < -0.3 is 14.6 Å². The first-order valence-corrected chi connectivity index (χ1v) is 7.35. The lowest BCUT2D eigenvalue weighted by molar-refractivity contribution is -0.154. The highest BCUT2D eigenvalue weighted by Crippen LogP contribution is 2.26. The van der Waals surface area contributed by atoms with Gasteiger partial charge in [0.1, 0.15) is 12.7 Å². The monoisotopic (exact) mass is 310 g/mol. The third-order valence-corrected chi connectivity index (χ3v) is 3.45. The molecule has 0 aromatic carbocycles. The maximum atomic E-state index is 12.2. The largest absolute Gasteiger partial charge is 0.478 e. The molecule has 0 aliphatic heterocycles. The van der Waals surface area contributed by atoms with Gasteiger partial charge in [0.25, 0.3) is 0 Å². The van der Waals surface area contributed by atoms with Crippen molar-refractivity contribution >= 4 is 17.9 Å². The van der Waals surface area contributed by atoms with E-state index in [0.717, 1.165) is 12.8 Å². The number of hydrogen-bond donors (Lipinski definition) is 1. The van der Waals surface area contributed by atoms with Gasteiger partial charge in [-0.15, -0.1) is 0 Å². The van der Waals surface area contributed by atoms with Crippen molar-refractivity contribution in [3.8, 4) is 0 Å². The Kier molecular flexibility index (Phi) is 6.82. The Balaban J connectivity index is 2.69. The quantitative estimate of drug-likeness (QED) is 0.573. The Morgan fingerprint density at radius 2 is 1.82 bits per heavy atom. The lowest BCUT2D eigenvalue weighted by atomic mass is 9.92. The van der Waals surface area contributed by atoms with Crippen LogP contribution in [-0.2, 0) is 23.9 Å². The third kappa shape index (κ3) is 5.02. The number of rotatable bonds is 7. The molecule has 0 bridgehead atoms. The van der Waals surface area contributed by atoms with Crippen LogP contribution in [0.5, 0.6) is 0 Å². The van der Waals surface area contributed by atoms with Crippen LogP contribution >= 0.6 is 0 Å². The van der Waals surface area contributed by atoms with Crippen LogP contribution in [0.2, 0.25) is 0 Å². The lowest BCUT2D eigenvalue weighted by Gasteiger charge is -2.20. The van der Waals surface area contributed by atoms with Crippen LogP contribution in [0.3, 0.4) is 0 Å². The van der Waals surface area contributed by atoms with Gasteiger partial charge in [-0.2, -0.15) is 0 Å². The van der Waals surface area contributed by atoms with Crippen molar-refractivity contribution in [2.45, 2.75) is 52.1 Å². The van der Waals surface area contributed by atoms with Crippen LogP contribution in [0.4, 0.5) is 0 Å². The molecule has 122 valence electrons. The summed E-state index contributed by atoms with van der Waals surface area (Å²) >= 11 is 0. The highest BCUT2D eigenvalue weighted by atomic mass is 16.6. The first-order valence-electron chi connectivity index (χ1n) is 7.35. The second-order valence-corrected chi connectivity index (χ2v) is 5.28. The molecule has 0 saturated carbocycles. The van der Waals surface area contributed by atoms with E-state index in [1.54, 1.807) is 6.92 Å². The fourth-order valence-corrected chi connectivity index (χ4v) is 2.12. The molecule has 0 amide bonds. The highest BCUT2D eigenvalue weighted by Gasteiger charge is 2.26. The maximum absolute atomic E-state index is 12.2. The molecule has 0 aromatic rings. The van der Waals surface area contributed by atoms with Crippen molar-refractivity contribution in [2.75, 3.05) is 6.61 Å². The lowest BCUT2D eigenvalue weighted by Crippen LogP contribution is -2.27. The fourth-order valence-electron chi connectivity index (χ4n) is 2.12. The summed E-state index contributed by atoms with van der Waals surface area (Å²) in [6.07, 6.45) is 2.17. The van der Waals surface area contributed by atoms with Crippen LogP contribution in [0.25, 0.3) is 0 Å². The van der Waals surface area contributed by atoms with Crippen molar-refractivity contribution in [2.24, 2.45) is 0 Å². The molecule has 0 fully saturated rings. The zero-order chi connectivity index (χ0) is 16.7. The molecule has 6 nitrogen and oxygen atoms in total. The molecule has 0 spiro atoms. The van der Waals surface area contributed by atoms with Crippen LogP contribution in [0.15, 0.2) is 23.3 Å². The normalized spacial score (nSPS) is 15.9. The van der Waals surface area contributed by atoms with E-state index in [9.17, 15) is 14.4 Å². The van der Waals surface area contributed by atoms with Gasteiger partial charge in [0.05, 0.1) is 0 Å². The number of aliphatic carboxylic acids is 1. The summed E-state index contributed by atoms with van der Waals surface area (Å²) in [5, 5.41) is 9.14. The Labute approximate surface area is 129 Å². The Morgan fingerprint density at radius 1 is 1.23 bits per heavy atom. The summed E-state index contributed by atoms with van der Waals surface area (Å²) in [5.41, 5.74) is 0.623. The number of carboxylic acids is 1. The molecule has 0 aromatic heterocycles. The second-order valence-electron chi connectivity index (χ2n) is 5.28. The SMILES string of the molecule is C=C(C)C(=O)OCC(CC)OC(=O)C1=C(C(=O)O)CCCC1. The van der Waals surface area contributed by atoms with E-state index in [0.29, 0.717) is 19.3 Å². The van der Waals surface area contributed by atoms with E-state index >= 15 is 0 Å². The summed E-state index contributed by atoms with van der Waals surface area (Å²) in [6.45, 7) is 6.72. The predicted molar refractivity (Wildman–Crippen MR) is 79.1 cm³/mol. The van der Waals surface area contributed by atoms with Crippen LogP contribution in [0.1, 0.15) is 46.0 Å². The number of carboxylic acid groups (broad SMARTS) is 1. The minimum absolute atomic E-state index is 0.0659. The summed E-state index contributed by atoms with van der Waals surface area (Å²) in [6, 6.07) is 0. The molecular weight excluding hydrogens is 288 g/mol.